The molecule has 0 aromatic heterocycles. The van der Waals surface area contributed by atoms with Crippen molar-refractivity contribution in [2.24, 2.45) is 0 Å². The predicted octanol–water partition coefficient (Wildman–Crippen LogP) is 0.879. The van der Waals surface area contributed by atoms with Crippen LogP contribution in [0, 0.1) is 0 Å². The molecule has 0 radical (unpaired) electrons. The Morgan fingerprint density at radius 3 is 2.43 bits per heavy atom. The highest BCUT2D eigenvalue weighted by Crippen LogP contribution is 2.13. The van der Waals surface area contributed by atoms with E-state index in [1.165, 1.54) is 6.92 Å². The zero-order valence-corrected chi connectivity index (χ0v) is 12.3. The Balaban J connectivity index is 1.82. The number of carbonyl (C=O) groups is 2. The third kappa shape index (κ3) is 5.53. The Morgan fingerprint density at radius 2 is 1.76 bits per heavy atom. The van der Waals surface area contributed by atoms with Crippen LogP contribution in [0.5, 0.6) is 0 Å². The Morgan fingerprint density at radius 1 is 1.10 bits per heavy atom. The van der Waals surface area contributed by atoms with Crippen LogP contribution >= 0.6 is 0 Å². The highest BCUT2D eigenvalue weighted by atomic mass is 16.2. The molecule has 1 saturated heterocycles. The zero-order chi connectivity index (χ0) is 15.1. The van der Waals surface area contributed by atoms with E-state index < -0.39 is 0 Å². The molecule has 1 aromatic carbocycles. The summed E-state index contributed by atoms with van der Waals surface area (Å²) in [7, 11) is 0. The van der Waals surface area contributed by atoms with Crippen molar-refractivity contribution in [3.63, 3.8) is 0 Å². The second-order valence-corrected chi connectivity index (χ2v) is 5.19. The van der Waals surface area contributed by atoms with Gasteiger partial charge in [0.25, 0.3) is 0 Å². The van der Waals surface area contributed by atoms with Crippen LogP contribution in [0.3, 0.4) is 0 Å². The van der Waals surface area contributed by atoms with Crippen LogP contribution in [-0.4, -0.2) is 49.4 Å². The summed E-state index contributed by atoms with van der Waals surface area (Å²) in [4.78, 5) is 25.1. The Bertz CT molecular complexity index is 479. The third-order valence-corrected chi connectivity index (χ3v) is 3.29. The molecule has 1 aromatic rings. The van der Waals surface area contributed by atoms with Crippen molar-refractivity contribution in [1.82, 2.24) is 10.2 Å². The fourth-order valence-corrected chi connectivity index (χ4v) is 2.30. The van der Waals surface area contributed by atoms with E-state index >= 15 is 0 Å². The van der Waals surface area contributed by atoms with Gasteiger partial charge in [-0.15, -0.1) is 0 Å². The Labute approximate surface area is 124 Å². The van der Waals surface area contributed by atoms with Crippen molar-refractivity contribution in [3.8, 4) is 0 Å². The van der Waals surface area contributed by atoms with Gasteiger partial charge in [-0.1, -0.05) is 0 Å². The first-order valence-corrected chi connectivity index (χ1v) is 7.24. The lowest BCUT2D eigenvalue weighted by atomic mass is 10.2. The Kier molecular flexibility index (Phi) is 5.71. The van der Waals surface area contributed by atoms with Gasteiger partial charge in [0, 0.05) is 31.4 Å². The smallest absolute Gasteiger partial charge is 0.238 e. The van der Waals surface area contributed by atoms with E-state index in [2.05, 4.69) is 20.9 Å². The summed E-state index contributed by atoms with van der Waals surface area (Å²) in [5, 5.41) is 8.88. The molecule has 0 atom stereocenters. The molecule has 2 amide bonds. The summed E-state index contributed by atoms with van der Waals surface area (Å²) in [6.07, 6.45) is 1.07. The standard InChI is InChI=1S/C15H22N4O2/c1-12(20)17-13-3-5-14(6-4-13)18-15(21)11-19-9-2-7-16-8-10-19/h3-6,16H,2,7-11H2,1H3,(H,17,20)(H,18,21). The van der Waals surface area contributed by atoms with Crippen LogP contribution in [0.1, 0.15) is 13.3 Å². The second-order valence-electron chi connectivity index (χ2n) is 5.19. The lowest BCUT2D eigenvalue weighted by Gasteiger charge is -2.18. The van der Waals surface area contributed by atoms with E-state index in [1.807, 2.05) is 0 Å². The molecule has 0 bridgehead atoms. The minimum absolute atomic E-state index is 0.0100. The van der Waals surface area contributed by atoms with Crippen molar-refractivity contribution in [3.05, 3.63) is 24.3 Å². The van der Waals surface area contributed by atoms with Gasteiger partial charge < -0.3 is 16.0 Å². The molecule has 6 heteroatoms. The first-order chi connectivity index (χ1) is 10.1. The number of benzene rings is 1. The lowest BCUT2D eigenvalue weighted by Crippen LogP contribution is -2.35. The van der Waals surface area contributed by atoms with E-state index in [0.717, 1.165) is 44.0 Å². The molecule has 1 aliphatic heterocycles. The van der Waals surface area contributed by atoms with Gasteiger partial charge in [-0.3, -0.25) is 14.5 Å². The molecule has 0 unspecified atom stereocenters. The molecule has 2 rings (SSSR count). The molecule has 21 heavy (non-hydrogen) atoms. The van der Waals surface area contributed by atoms with E-state index in [4.69, 9.17) is 0 Å². The first-order valence-electron chi connectivity index (χ1n) is 7.24. The number of nitrogens with zero attached hydrogens (tertiary/aromatic N) is 1. The van der Waals surface area contributed by atoms with Gasteiger partial charge in [0.05, 0.1) is 6.54 Å². The molecule has 1 heterocycles. The summed E-state index contributed by atoms with van der Waals surface area (Å²) in [5.74, 6) is -0.120. The first kappa shape index (κ1) is 15.5. The lowest BCUT2D eigenvalue weighted by molar-refractivity contribution is -0.117. The van der Waals surface area contributed by atoms with Gasteiger partial charge in [-0.25, -0.2) is 0 Å². The molecule has 114 valence electrons. The normalized spacial score (nSPS) is 16.0. The monoisotopic (exact) mass is 290 g/mol. The summed E-state index contributed by atoms with van der Waals surface area (Å²) < 4.78 is 0. The fraction of sp³-hybridized carbons (Fsp3) is 0.467. The maximum atomic E-state index is 12.0. The van der Waals surface area contributed by atoms with E-state index in [9.17, 15) is 9.59 Å². The number of hydrogen-bond acceptors (Lipinski definition) is 4. The molecular formula is C15H22N4O2. The van der Waals surface area contributed by atoms with Gasteiger partial charge in [-0.2, -0.15) is 0 Å². The molecule has 1 aliphatic rings. The quantitative estimate of drug-likeness (QED) is 0.769. The van der Waals surface area contributed by atoms with E-state index in [1.54, 1.807) is 24.3 Å². The molecular weight excluding hydrogens is 268 g/mol. The summed E-state index contributed by atoms with van der Waals surface area (Å²) in [5.41, 5.74) is 1.46. The molecule has 0 spiro atoms. The number of anilines is 2. The van der Waals surface area contributed by atoms with Crippen LogP contribution in [0.15, 0.2) is 24.3 Å². The van der Waals surface area contributed by atoms with E-state index in [-0.39, 0.29) is 11.8 Å². The topological polar surface area (TPSA) is 73.5 Å². The van der Waals surface area contributed by atoms with Crippen LogP contribution in [0.2, 0.25) is 0 Å². The van der Waals surface area contributed by atoms with Gasteiger partial charge in [0.15, 0.2) is 0 Å². The number of nitrogens with one attached hydrogen (secondary N) is 3. The van der Waals surface area contributed by atoms with Crippen molar-refractivity contribution in [1.29, 1.82) is 0 Å². The predicted molar refractivity (Wildman–Crippen MR) is 83.3 cm³/mol. The maximum absolute atomic E-state index is 12.0. The number of hydrogen-bond donors (Lipinski definition) is 3. The summed E-state index contributed by atoms with van der Waals surface area (Å²) >= 11 is 0. The zero-order valence-electron chi connectivity index (χ0n) is 12.3. The van der Waals surface area contributed by atoms with Gasteiger partial charge >= 0.3 is 0 Å². The average Bonchev–Trinajstić information content (AvgIpc) is 2.69. The van der Waals surface area contributed by atoms with Gasteiger partial charge in [0.2, 0.25) is 11.8 Å². The van der Waals surface area contributed by atoms with Crippen LogP contribution in [-0.2, 0) is 9.59 Å². The minimum atomic E-state index is -0.110. The highest BCUT2D eigenvalue weighted by Gasteiger charge is 2.12. The average molecular weight is 290 g/mol. The van der Waals surface area contributed by atoms with Crippen molar-refractivity contribution in [2.75, 3.05) is 43.4 Å². The van der Waals surface area contributed by atoms with Crippen molar-refractivity contribution >= 4 is 23.2 Å². The molecule has 0 saturated carbocycles. The van der Waals surface area contributed by atoms with Gasteiger partial charge in [0.1, 0.15) is 0 Å². The SMILES string of the molecule is CC(=O)Nc1ccc(NC(=O)CN2CCCNCC2)cc1. The molecule has 0 aliphatic carbocycles. The van der Waals surface area contributed by atoms with Gasteiger partial charge in [-0.05, 0) is 43.8 Å². The third-order valence-electron chi connectivity index (χ3n) is 3.29. The number of carbonyl (C=O) groups excluding carboxylic acids is 2. The largest absolute Gasteiger partial charge is 0.326 e. The Hall–Kier alpha value is -1.92. The van der Waals surface area contributed by atoms with Crippen molar-refractivity contribution in [2.45, 2.75) is 13.3 Å². The molecule has 3 N–H and O–H groups in total. The highest BCUT2D eigenvalue weighted by molar-refractivity contribution is 5.93. The van der Waals surface area contributed by atoms with Crippen LogP contribution in [0.4, 0.5) is 11.4 Å². The number of amides is 2. The van der Waals surface area contributed by atoms with Crippen LogP contribution in [0.25, 0.3) is 0 Å². The minimum Gasteiger partial charge on any atom is -0.326 e. The summed E-state index contributed by atoms with van der Waals surface area (Å²) in [6, 6.07) is 7.11. The van der Waals surface area contributed by atoms with Crippen molar-refractivity contribution < 1.29 is 9.59 Å². The second kappa shape index (κ2) is 7.75. The van der Waals surface area contributed by atoms with Crippen LogP contribution < -0.4 is 16.0 Å². The fourth-order valence-electron chi connectivity index (χ4n) is 2.30. The molecule has 1 fully saturated rings. The number of rotatable bonds is 4. The molecule has 6 nitrogen and oxygen atoms in total. The van der Waals surface area contributed by atoms with E-state index in [0.29, 0.717) is 6.54 Å². The maximum Gasteiger partial charge on any atom is 0.238 e. The summed E-state index contributed by atoms with van der Waals surface area (Å²) in [6.45, 7) is 5.67.